The maximum Gasteiger partial charge on any atom is 0.409 e. The Kier molecular flexibility index (Phi) is 6.47. The number of hydrogen-bond acceptors (Lipinski definition) is 5. The van der Waals surface area contributed by atoms with Crippen LogP contribution in [0.3, 0.4) is 0 Å². The van der Waals surface area contributed by atoms with Crippen molar-refractivity contribution in [2.75, 3.05) is 25.0 Å². The van der Waals surface area contributed by atoms with Gasteiger partial charge in [-0.25, -0.2) is 4.79 Å². The van der Waals surface area contributed by atoms with Gasteiger partial charge in [-0.15, -0.1) is 0 Å². The number of carbonyl (C=O) groups is 2. The van der Waals surface area contributed by atoms with Crippen molar-refractivity contribution in [2.45, 2.75) is 32.7 Å². The predicted octanol–water partition coefficient (Wildman–Crippen LogP) is 3.48. The molecule has 7 heteroatoms. The van der Waals surface area contributed by atoms with Gasteiger partial charge in [-0.2, -0.15) is 0 Å². The zero-order valence-corrected chi connectivity index (χ0v) is 16.3. The minimum absolute atomic E-state index is 0.0342. The average Bonchev–Trinajstić information content (AvgIpc) is 2.71. The van der Waals surface area contributed by atoms with E-state index in [0.29, 0.717) is 38.1 Å². The second-order valence-electron chi connectivity index (χ2n) is 6.89. The van der Waals surface area contributed by atoms with Crippen LogP contribution in [-0.4, -0.2) is 47.6 Å². The number of piperidine rings is 1. The third-order valence-corrected chi connectivity index (χ3v) is 4.70. The van der Waals surface area contributed by atoms with E-state index in [2.05, 4.69) is 15.6 Å². The van der Waals surface area contributed by atoms with Gasteiger partial charge in [0.2, 0.25) is 0 Å². The molecule has 0 radical (unpaired) electrons. The summed E-state index contributed by atoms with van der Waals surface area (Å²) >= 11 is 0. The number of ether oxygens (including phenoxy) is 1. The molecule has 3 rings (SSSR count). The summed E-state index contributed by atoms with van der Waals surface area (Å²) in [6.45, 7) is 5.36. The van der Waals surface area contributed by atoms with Crippen molar-refractivity contribution in [3.8, 4) is 0 Å². The number of aryl methyl sites for hydroxylation is 1. The summed E-state index contributed by atoms with van der Waals surface area (Å²) in [4.78, 5) is 30.2. The molecule has 1 aromatic heterocycles. The van der Waals surface area contributed by atoms with E-state index in [1.165, 1.54) is 5.56 Å². The lowest BCUT2D eigenvalue weighted by molar-refractivity contribution is 0.0860. The van der Waals surface area contributed by atoms with Crippen molar-refractivity contribution < 1.29 is 14.3 Å². The van der Waals surface area contributed by atoms with E-state index in [4.69, 9.17) is 4.74 Å². The zero-order chi connectivity index (χ0) is 19.9. The molecule has 148 valence electrons. The molecule has 0 aliphatic carbocycles. The van der Waals surface area contributed by atoms with Crippen LogP contribution >= 0.6 is 0 Å². The molecule has 1 aliphatic heterocycles. The lowest BCUT2D eigenvalue weighted by Crippen LogP contribution is -2.46. The highest BCUT2D eigenvalue weighted by Gasteiger charge is 2.24. The molecule has 2 heterocycles. The first kappa shape index (κ1) is 19.7. The van der Waals surface area contributed by atoms with Crippen LogP contribution in [0, 0.1) is 6.92 Å². The van der Waals surface area contributed by atoms with Crippen LogP contribution in [0.15, 0.2) is 42.7 Å². The van der Waals surface area contributed by atoms with E-state index < -0.39 is 0 Å². The smallest absolute Gasteiger partial charge is 0.409 e. The van der Waals surface area contributed by atoms with Crippen LogP contribution in [0.5, 0.6) is 0 Å². The van der Waals surface area contributed by atoms with Gasteiger partial charge in [-0.05, 0) is 44.9 Å². The number of aromatic nitrogens is 1. The van der Waals surface area contributed by atoms with Crippen molar-refractivity contribution in [1.82, 2.24) is 15.2 Å². The number of anilines is 2. The summed E-state index contributed by atoms with van der Waals surface area (Å²) in [5, 5.41) is 6.30. The Morgan fingerprint density at radius 2 is 1.86 bits per heavy atom. The first-order chi connectivity index (χ1) is 13.5. The van der Waals surface area contributed by atoms with Crippen molar-refractivity contribution >= 4 is 23.4 Å². The summed E-state index contributed by atoms with van der Waals surface area (Å²) in [7, 11) is 0. The SMILES string of the molecule is CCOC(=O)N1CCC(NC(=O)c2cncc(Nc3ccc(C)cc3)c2)CC1. The van der Waals surface area contributed by atoms with Crippen LogP contribution in [0.25, 0.3) is 0 Å². The van der Waals surface area contributed by atoms with Crippen molar-refractivity contribution in [3.05, 3.63) is 53.9 Å². The second kappa shape index (κ2) is 9.21. The van der Waals surface area contributed by atoms with E-state index in [9.17, 15) is 9.59 Å². The standard InChI is InChI=1S/C21H26N4O3/c1-3-28-21(27)25-10-8-18(9-11-25)24-20(26)16-12-19(14-22-13-16)23-17-6-4-15(2)5-7-17/h4-7,12-14,18,23H,3,8-11H2,1-2H3,(H,24,26). The molecule has 1 aromatic carbocycles. The molecule has 7 nitrogen and oxygen atoms in total. The summed E-state index contributed by atoms with van der Waals surface area (Å²) in [6, 6.07) is 9.84. The van der Waals surface area contributed by atoms with Gasteiger partial charge < -0.3 is 20.3 Å². The van der Waals surface area contributed by atoms with Crippen LogP contribution in [0.2, 0.25) is 0 Å². The fraction of sp³-hybridized carbons (Fsp3) is 0.381. The van der Waals surface area contributed by atoms with Gasteiger partial charge >= 0.3 is 6.09 Å². The monoisotopic (exact) mass is 382 g/mol. The highest BCUT2D eigenvalue weighted by Crippen LogP contribution is 2.18. The number of rotatable bonds is 5. The molecule has 2 aromatic rings. The van der Waals surface area contributed by atoms with Crippen molar-refractivity contribution in [3.63, 3.8) is 0 Å². The first-order valence-electron chi connectivity index (χ1n) is 9.56. The molecule has 1 fully saturated rings. The van der Waals surface area contributed by atoms with E-state index in [-0.39, 0.29) is 18.0 Å². The topological polar surface area (TPSA) is 83.6 Å². The maximum atomic E-state index is 12.6. The number of carbonyl (C=O) groups excluding carboxylic acids is 2. The molecule has 1 saturated heterocycles. The number of amides is 2. The predicted molar refractivity (Wildman–Crippen MR) is 108 cm³/mol. The highest BCUT2D eigenvalue weighted by atomic mass is 16.6. The average molecular weight is 382 g/mol. The molecule has 1 aliphatic rings. The summed E-state index contributed by atoms with van der Waals surface area (Å²) in [6.07, 6.45) is 4.38. The Labute approximate surface area is 165 Å². The van der Waals surface area contributed by atoms with Crippen molar-refractivity contribution in [1.29, 1.82) is 0 Å². The number of likely N-dealkylation sites (tertiary alicyclic amines) is 1. The fourth-order valence-electron chi connectivity index (χ4n) is 3.13. The van der Waals surface area contributed by atoms with Crippen molar-refractivity contribution in [2.24, 2.45) is 0 Å². The molecule has 0 saturated carbocycles. The zero-order valence-electron chi connectivity index (χ0n) is 16.3. The summed E-state index contributed by atoms with van der Waals surface area (Å²) in [5.41, 5.74) is 3.39. The number of pyridine rings is 1. The van der Waals surface area contributed by atoms with Gasteiger partial charge in [-0.1, -0.05) is 17.7 Å². The largest absolute Gasteiger partial charge is 0.450 e. The van der Waals surface area contributed by atoms with Gasteiger partial charge in [0.05, 0.1) is 24.1 Å². The Hall–Kier alpha value is -3.09. The Morgan fingerprint density at radius 1 is 1.14 bits per heavy atom. The number of benzene rings is 1. The second-order valence-corrected chi connectivity index (χ2v) is 6.89. The first-order valence-corrected chi connectivity index (χ1v) is 9.56. The quantitative estimate of drug-likeness (QED) is 0.827. The van der Waals surface area contributed by atoms with E-state index >= 15 is 0 Å². The lowest BCUT2D eigenvalue weighted by atomic mass is 10.0. The number of hydrogen-bond donors (Lipinski definition) is 2. The molecule has 2 N–H and O–H groups in total. The Morgan fingerprint density at radius 3 is 2.54 bits per heavy atom. The van der Waals surface area contributed by atoms with Crippen LogP contribution in [-0.2, 0) is 4.74 Å². The maximum absolute atomic E-state index is 12.6. The molecule has 2 amide bonds. The van der Waals surface area contributed by atoms with Crippen LogP contribution < -0.4 is 10.6 Å². The van der Waals surface area contributed by atoms with Gasteiger partial charge in [0, 0.05) is 31.0 Å². The molecule has 0 atom stereocenters. The van der Waals surface area contributed by atoms with Crippen LogP contribution in [0.4, 0.5) is 16.2 Å². The molecule has 0 spiro atoms. The van der Waals surface area contributed by atoms with E-state index in [0.717, 1.165) is 11.4 Å². The molecule has 0 unspecified atom stereocenters. The van der Waals surface area contributed by atoms with Gasteiger partial charge in [-0.3, -0.25) is 9.78 Å². The number of nitrogens with one attached hydrogen (secondary N) is 2. The third kappa shape index (κ3) is 5.22. The number of nitrogens with zero attached hydrogens (tertiary/aromatic N) is 2. The van der Waals surface area contributed by atoms with Gasteiger partial charge in [0.25, 0.3) is 5.91 Å². The van der Waals surface area contributed by atoms with Gasteiger partial charge in [0.15, 0.2) is 0 Å². The molecular formula is C21H26N4O3. The normalized spacial score (nSPS) is 14.4. The van der Waals surface area contributed by atoms with E-state index in [1.807, 2.05) is 31.2 Å². The molecule has 0 bridgehead atoms. The minimum atomic E-state index is -0.286. The Bertz CT molecular complexity index is 815. The third-order valence-electron chi connectivity index (χ3n) is 4.70. The molecule has 28 heavy (non-hydrogen) atoms. The minimum Gasteiger partial charge on any atom is -0.450 e. The van der Waals surface area contributed by atoms with E-state index in [1.54, 1.807) is 30.3 Å². The Balaban J connectivity index is 1.55. The summed E-state index contributed by atoms with van der Waals surface area (Å²) < 4.78 is 5.02. The van der Waals surface area contributed by atoms with Crippen LogP contribution in [0.1, 0.15) is 35.7 Å². The highest BCUT2D eigenvalue weighted by molar-refractivity contribution is 5.95. The lowest BCUT2D eigenvalue weighted by Gasteiger charge is -2.31. The summed E-state index contributed by atoms with van der Waals surface area (Å²) in [5.74, 6) is -0.158. The molecular weight excluding hydrogens is 356 g/mol. The van der Waals surface area contributed by atoms with Gasteiger partial charge in [0.1, 0.15) is 0 Å². The fourth-order valence-corrected chi connectivity index (χ4v) is 3.13.